The average Bonchev–Trinajstić information content (AvgIpc) is 3.28. The van der Waals surface area contributed by atoms with Crippen LogP contribution in [0.5, 0.6) is 0 Å². The van der Waals surface area contributed by atoms with E-state index in [4.69, 9.17) is 14.2 Å². The molecule has 3 fully saturated rings. The lowest BCUT2D eigenvalue weighted by Crippen LogP contribution is -2.68. The minimum absolute atomic E-state index is 0.00701. The van der Waals surface area contributed by atoms with Crippen LogP contribution in [0.15, 0.2) is 47.6 Å². The number of carbonyl (C=O) groups excluding carboxylic acids is 2. The molecule has 7 heteroatoms. The summed E-state index contributed by atoms with van der Waals surface area (Å²) in [4.78, 5) is 28.9. The van der Waals surface area contributed by atoms with Gasteiger partial charge in [-0.1, -0.05) is 51.1 Å². The Hall–Kier alpha value is -2.74. The second-order valence-electron chi connectivity index (χ2n) is 14.3. The van der Waals surface area contributed by atoms with Gasteiger partial charge >= 0.3 is 5.97 Å². The maximum Gasteiger partial charge on any atom is 0.355 e. The number of nitrogens with zero attached hydrogens (tertiary/aromatic N) is 1. The highest BCUT2D eigenvalue weighted by atomic mass is 16.7. The van der Waals surface area contributed by atoms with Crippen molar-refractivity contribution in [3.63, 3.8) is 0 Å². The van der Waals surface area contributed by atoms with Crippen molar-refractivity contribution in [1.82, 2.24) is 4.57 Å². The number of ether oxygens (including phenoxy) is 3. The fourth-order valence-corrected chi connectivity index (χ4v) is 9.34. The van der Waals surface area contributed by atoms with Crippen LogP contribution < -0.4 is 0 Å². The fourth-order valence-electron chi connectivity index (χ4n) is 9.34. The van der Waals surface area contributed by atoms with Crippen molar-refractivity contribution in [1.29, 1.82) is 0 Å². The van der Waals surface area contributed by atoms with Crippen molar-refractivity contribution in [3.8, 4) is 0 Å². The molecule has 4 aliphatic carbocycles. The molecule has 1 aromatic heterocycles. The van der Waals surface area contributed by atoms with E-state index in [2.05, 4.69) is 20.8 Å². The number of fused-ring (bicyclic) bond motifs is 6. The standard InChI is InChI=1S/C34H41NO6/c1-17-15-33-18(2)13-23-25(31(23,4)5)22(27(33)36)14-20-16-39-32(6,7)41-29(20)34(33,38)28(17)40-30(37)26-19(3)21-11-9-10-12-24(21)35(26)8/h9-12,14-15,18,22-23,25,28-29,38H,13,16H2,1-8H3/t18?,22-,23+,25+,28-,29+,33?,34+/m0/s1. The molecule has 0 amide bonds. The number of aryl methyl sites for hydroxylation is 2. The van der Waals surface area contributed by atoms with Gasteiger partial charge in [-0.3, -0.25) is 4.79 Å². The van der Waals surface area contributed by atoms with Gasteiger partial charge in [0.25, 0.3) is 0 Å². The van der Waals surface area contributed by atoms with E-state index in [1.54, 1.807) is 0 Å². The molecule has 7 nitrogen and oxygen atoms in total. The Balaban J connectivity index is 1.39. The van der Waals surface area contributed by atoms with Gasteiger partial charge in [-0.2, -0.15) is 0 Å². The highest BCUT2D eigenvalue weighted by Crippen LogP contribution is 2.72. The lowest BCUT2D eigenvalue weighted by molar-refractivity contribution is -0.302. The van der Waals surface area contributed by atoms with Crippen molar-refractivity contribution >= 4 is 22.7 Å². The Kier molecular flexibility index (Phi) is 5.43. The van der Waals surface area contributed by atoms with Crippen molar-refractivity contribution < 1.29 is 28.9 Å². The van der Waals surface area contributed by atoms with Gasteiger partial charge in [-0.25, -0.2) is 4.79 Å². The number of carbonyl (C=O) groups is 2. The zero-order valence-electron chi connectivity index (χ0n) is 25.3. The summed E-state index contributed by atoms with van der Waals surface area (Å²) in [6.45, 7) is 14.2. The first kappa shape index (κ1) is 27.1. The Morgan fingerprint density at radius 1 is 1.15 bits per heavy atom. The van der Waals surface area contributed by atoms with Crippen LogP contribution >= 0.6 is 0 Å². The quantitative estimate of drug-likeness (QED) is 0.398. The van der Waals surface area contributed by atoms with E-state index < -0.39 is 35.0 Å². The summed E-state index contributed by atoms with van der Waals surface area (Å²) in [5.41, 5.74) is 0.564. The largest absolute Gasteiger partial charge is 0.450 e. The third kappa shape index (κ3) is 3.26. The van der Waals surface area contributed by atoms with Crippen LogP contribution in [0.2, 0.25) is 0 Å². The van der Waals surface area contributed by atoms with E-state index >= 15 is 0 Å². The summed E-state index contributed by atoms with van der Waals surface area (Å²) in [7, 11) is 1.85. The van der Waals surface area contributed by atoms with Crippen LogP contribution in [0.25, 0.3) is 10.9 Å². The minimum atomic E-state index is -1.83. The van der Waals surface area contributed by atoms with Gasteiger partial charge in [0.1, 0.15) is 11.8 Å². The second-order valence-corrected chi connectivity index (χ2v) is 14.3. The normalized spacial score (nSPS) is 40.0. The van der Waals surface area contributed by atoms with Crippen LogP contribution in [0.1, 0.15) is 64.0 Å². The fraction of sp³-hybridized carbons (Fsp3) is 0.588. The number of aromatic nitrogens is 1. The molecule has 2 aromatic rings. The lowest BCUT2D eigenvalue weighted by atomic mass is 9.59. The predicted molar refractivity (Wildman–Crippen MR) is 154 cm³/mol. The lowest BCUT2D eigenvalue weighted by Gasteiger charge is -2.52. The molecule has 218 valence electrons. The molecule has 0 radical (unpaired) electrons. The maximum atomic E-state index is 14.9. The molecule has 7 rings (SSSR count). The number of Topliss-reactive ketones (excluding diaryl/α,β-unsaturated/α-hetero) is 1. The molecule has 41 heavy (non-hydrogen) atoms. The molecule has 8 atom stereocenters. The predicted octanol–water partition coefficient (Wildman–Crippen LogP) is 5.28. The molecule has 2 saturated carbocycles. The molecule has 1 aromatic carbocycles. The number of hydrogen-bond acceptors (Lipinski definition) is 6. The highest BCUT2D eigenvalue weighted by molar-refractivity contribution is 5.99. The van der Waals surface area contributed by atoms with Crippen LogP contribution in [0.4, 0.5) is 0 Å². The highest BCUT2D eigenvalue weighted by Gasteiger charge is 2.77. The number of aliphatic hydroxyl groups is 1. The molecule has 5 aliphatic rings. The molecule has 1 aliphatic heterocycles. The summed E-state index contributed by atoms with van der Waals surface area (Å²) in [5.74, 6) is -1.49. The van der Waals surface area contributed by atoms with Crippen LogP contribution in [0, 0.1) is 41.4 Å². The van der Waals surface area contributed by atoms with Crippen molar-refractivity contribution in [2.45, 2.75) is 78.5 Å². The summed E-state index contributed by atoms with van der Waals surface area (Å²) in [6.07, 6.45) is 2.83. The van der Waals surface area contributed by atoms with Gasteiger partial charge in [-0.05, 0) is 80.1 Å². The molecule has 2 unspecified atom stereocenters. The number of hydrogen-bond donors (Lipinski definition) is 1. The number of esters is 1. The molecule has 1 N–H and O–H groups in total. The van der Waals surface area contributed by atoms with E-state index in [9.17, 15) is 14.7 Å². The minimum Gasteiger partial charge on any atom is -0.450 e. The summed E-state index contributed by atoms with van der Waals surface area (Å²) < 4.78 is 20.8. The number of ketones is 1. The molecular weight excluding hydrogens is 518 g/mol. The van der Waals surface area contributed by atoms with Gasteiger partial charge in [0.05, 0.1) is 12.0 Å². The van der Waals surface area contributed by atoms with Crippen LogP contribution in [0.3, 0.4) is 0 Å². The number of para-hydroxylation sites is 1. The molecule has 2 bridgehead atoms. The van der Waals surface area contributed by atoms with E-state index in [1.165, 1.54) is 0 Å². The number of rotatable bonds is 2. The van der Waals surface area contributed by atoms with Gasteiger partial charge in [0, 0.05) is 23.9 Å². The SMILES string of the molecule is CC1=CC23C(=O)[C@@H](C=C4COC(C)(C)O[C@H]4[C@]2(O)[C@H]1OC(=O)c1c(C)c2ccccc2n1C)[C@@H]1[C@@H](CC3C)C1(C)C. The second kappa shape index (κ2) is 8.21. The van der Waals surface area contributed by atoms with Crippen LogP contribution in [-0.4, -0.2) is 51.6 Å². The molecule has 1 spiro atoms. The molecule has 1 saturated heterocycles. The van der Waals surface area contributed by atoms with E-state index in [1.807, 2.05) is 75.7 Å². The smallest absolute Gasteiger partial charge is 0.355 e. The zero-order valence-corrected chi connectivity index (χ0v) is 25.3. The van der Waals surface area contributed by atoms with E-state index in [-0.39, 0.29) is 35.6 Å². The zero-order chi connectivity index (χ0) is 29.4. The average molecular weight is 560 g/mol. The molecule has 2 heterocycles. The third-order valence-electron chi connectivity index (χ3n) is 11.4. The maximum absolute atomic E-state index is 14.9. The Morgan fingerprint density at radius 3 is 2.56 bits per heavy atom. The van der Waals surface area contributed by atoms with Crippen LogP contribution in [-0.2, 0) is 26.1 Å². The van der Waals surface area contributed by atoms with Gasteiger partial charge in [-0.15, -0.1) is 0 Å². The monoisotopic (exact) mass is 559 g/mol. The summed E-state index contributed by atoms with van der Waals surface area (Å²) >= 11 is 0. The van der Waals surface area contributed by atoms with Gasteiger partial charge in [0.2, 0.25) is 0 Å². The number of allylic oxidation sites excluding steroid dienone is 1. The third-order valence-corrected chi connectivity index (χ3v) is 11.4. The Morgan fingerprint density at radius 2 is 1.85 bits per heavy atom. The van der Waals surface area contributed by atoms with E-state index in [0.29, 0.717) is 17.2 Å². The van der Waals surface area contributed by atoms with E-state index in [0.717, 1.165) is 28.5 Å². The van der Waals surface area contributed by atoms with Crippen molar-refractivity contribution in [3.05, 3.63) is 58.8 Å². The van der Waals surface area contributed by atoms with Gasteiger partial charge < -0.3 is 23.9 Å². The first-order chi connectivity index (χ1) is 19.2. The number of benzene rings is 1. The Bertz CT molecular complexity index is 1540. The van der Waals surface area contributed by atoms with Gasteiger partial charge in [0.15, 0.2) is 23.3 Å². The van der Waals surface area contributed by atoms with Crippen molar-refractivity contribution in [2.24, 2.45) is 41.5 Å². The Labute approximate surface area is 241 Å². The molecular formula is C34H41NO6. The summed E-state index contributed by atoms with van der Waals surface area (Å²) in [5, 5.41) is 14.2. The van der Waals surface area contributed by atoms with Crippen molar-refractivity contribution in [2.75, 3.05) is 6.61 Å². The topological polar surface area (TPSA) is 87.0 Å². The first-order valence-corrected chi connectivity index (χ1v) is 14.9. The summed E-state index contributed by atoms with van der Waals surface area (Å²) in [6, 6.07) is 7.86. The first-order valence-electron chi connectivity index (χ1n) is 14.9.